The third-order valence-corrected chi connectivity index (χ3v) is 1.22. The molecule has 44 valence electrons. The van der Waals surface area contributed by atoms with Crippen molar-refractivity contribution in [2.24, 2.45) is 0 Å². The highest BCUT2D eigenvalue weighted by molar-refractivity contribution is 5.86. The van der Waals surface area contributed by atoms with Crippen LogP contribution in [-0.4, -0.2) is 5.11 Å². The zero-order chi connectivity index (χ0) is 6.85. The summed E-state index contributed by atoms with van der Waals surface area (Å²) in [4.78, 5) is 0. The zero-order valence-corrected chi connectivity index (χ0v) is 4.70. The number of phenols is 1. The first kappa shape index (κ1) is 5.64. The van der Waals surface area contributed by atoms with Crippen LogP contribution in [0.25, 0.3) is 11.1 Å². The fourth-order valence-corrected chi connectivity index (χ4v) is 0.738. The topological polar surface area (TPSA) is 44.0 Å². The first-order valence-electron chi connectivity index (χ1n) is 2.47. The Balaban J connectivity index is 0.000000186. The van der Waals surface area contributed by atoms with E-state index in [2.05, 4.69) is 6.57 Å². The van der Waals surface area contributed by atoms with Crippen LogP contribution in [0.5, 0.6) is 5.75 Å². The van der Waals surface area contributed by atoms with E-state index in [-0.39, 0.29) is 0 Å². The van der Waals surface area contributed by atoms with Crippen molar-refractivity contribution >= 4 is 0 Å². The molecule has 0 spiro atoms. The second kappa shape index (κ2) is 1.79. The first-order valence-corrected chi connectivity index (χ1v) is 2.47. The van der Waals surface area contributed by atoms with Crippen LogP contribution >= 0.6 is 0 Å². The number of nitriles is 1. The highest BCUT2D eigenvalue weighted by Gasteiger charge is 2.15. The number of hydrogen-bond donors (Lipinski definition) is 1. The van der Waals surface area contributed by atoms with E-state index in [1.165, 1.54) is 5.56 Å². The summed E-state index contributed by atoms with van der Waals surface area (Å²) in [6, 6.07) is 5.57. The van der Waals surface area contributed by atoms with Crippen molar-refractivity contribution in [3.63, 3.8) is 0 Å². The van der Waals surface area contributed by atoms with Crippen molar-refractivity contribution in [2.45, 2.75) is 0 Å². The number of rotatable bonds is 0. The Morgan fingerprint density at radius 2 is 2.00 bits per heavy atom. The maximum Gasteiger partial charge on any atom is 0.123 e. The van der Waals surface area contributed by atoms with E-state index in [1.54, 1.807) is 6.07 Å². The van der Waals surface area contributed by atoms with Crippen LogP contribution in [-0.2, 0) is 0 Å². The minimum absolute atomic E-state index is 0.426. The van der Waals surface area contributed by atoms with Crippen LogP contribution in [0, 0.1) is 11.8 Å². The molecule has 0 heterocycles. The fourth-order valence-electron chi connectivity index (χ4n) is 0.738. The van der Waals surface area contributed by atoms with E-state index >= 15 is 0 Å². The lowest BCUT2D eigenvalue weighted by Gasteiger charge is -1.72. The van der Waals surface area contributed by atoms with Gasteiger partial charge in [0.25, 0.3) is 0 Å². The lowest BCUT2D eigenvalue weighted by Crippen LogP contribution is -1.43. The molecule has 2 aliphatic carbocycles. The summed E-state index contributed by atoms with van der Waals surface area (Å²) in [5, 5.41) is 15.3. The van der Waals surface area contributed by atoms with Gasteiger partial charge in [-0.15, -0.1) is 0 Å². The molecule has 0 saturated heterocycles. The number of fused-ring (bicyclic) bond motifs is 1. The van der Waals surface area contributed by atoms with E-state index in [0.717, 1.165) is 5.56 Å². The van der Waals surface area contributed by atoms with Gasteiger partial charge in [-0.05, 0) is 17.7 Å². The van der Waals surface area contributed by atoms with Crippen LogP contribution in [0.15, 0.2) is 18.2 Å². The van der Waals surface area contributed by atoms with Gasteiger partial charge in [0, 0.05) is 12.1 Å². The minimum Gasteiger partial charge on any atom is -0.507 e. The molecule has 0 atom stereocenters. The predicted octanol–water partition coefficient (Wildman–Crippen LogP) is 1.51. The molecular formula is C7H5NO. The maximum atomic E-state index is 8.78. The smallest absolute Gasteiger partial charge is 0.123 e. The first-order chi connectivity index (χ1) is 4.38. The van der Waals surface area contributed by atoms with Gasteiger partial charge in [0.1, 0.15) is 5.75 Å². The van der Waals surface area contributed by atoms with Gasteiger partial charge >= 0.3 is 0 Å². The van der Waals surface area contributed by atoms with Crippen molar-refractivity contribution in [1.82, 2.24) is 0 Å². The standard InChI is InChI=1S/C6H4O.CHN/c7-6-2-1-4-3-5(4)6;1-2/h1-3,7H;1H. The van der Waals surface area contributed by atoms with E-state index < -0.39 is 0 Å². The predicted molar refractivity (Wildman–Crippen MR) is 33.8 cm³/mol. The van der Waals surface area contributed by atoms with Crippen LogP contribution < -0.4 is 0 Å². The Hall–Kier alpha value is -1.49. The Labute approximate surface area is 53.0 Å². The molecule has 0 aromatic carbocycles. The highest BCUT2D eigenvalue weighted by Crippen LogP contribution is 2.42. The third-order valence-electron chi connectivity index (χ3n) is 1.22. The Kier molecular flexibility index (Phi) is 1.12. The molecule has 0 aromatic rings. The summed E-state index contributed by atoms with van der Waals surface area (Å²) in [6.07, 6.45) is 0. The summed E-state index contributed by atoms with van der Waals surface area (Å²) >= 11 is 0. The average molecular weight is 119 g/mol. The second-order valence-corrected chi connectivity index (χ2v) is 1.73. The molecule has 2 rings (SSSR count). The lowest BCUT2D eigenvalue weighted by molar-refractivity contribution is 0.480. The molecule has 0 saturated carbocycles. The molecule has 0 radical (unpaired) electrons. The van der Waals surface area contributed by atoms with Crippen molar-refractivity contribution in [2.75, 3.05) is 0 Å². The molecule has 0 aromatic heterocycles. The van der Waals surface area contributed by atoms with Crippen molar-refractivity contribution in [3.05, 3.63) is 18.2 Å². The van der Waals surface area contributed by atoms with Crippen molar-refractivity contribution < 1.29 is 5.11 Å². The van der Waals surface area contributed by atoms with Crippen molar-refractivity contribution in [3.8, 4) is 23.4 Å². The Morgan fingerprint density at radius 3 is 2.11 bits per heavy atom. The summed E-state index contributed by atoms with van der Waals surface area (Å²) in [7, 11) is 0. The van der Waals surface area contributed by atoms with Gasteiger partial charge in [-0.2, -0.15) is 0 Å². The van der Waals surface area contributed by atoms with Crippen LogP contribution in [0.3, 0.4) is 0 Å². The second-order valence-electron chi connectivity index (χ2n) is 1.73. The zero-order valence-electron chi connectivity index (χ0n) is 4.70. The Morgan fingerprint density at radius 1 is 1.33 bits per heavy atom. The van der Waals surface area contributed by atoms with Gasteiger partial charge in [0.05, 0.1) is 0 Å². The number of phenolic OH excluding ortho intramolecular Hbond substituents is 1. The number of aromatic hydroxyl groups is 1. The maximum absolute atomic E-state index is 8.78. The Bertz CT molecular complexity index is 252. The van der Waals surface area contributed by atoms with Crippen molar-refractivity contribution in [1.29, 1.82) is 5.26 Å². The van der Waals surface area contributed by atoms with Gasteiger partial charge in [0.2, 0.25) is 0 Å². The minimum atomic E-state index is 0.426. The van der Waals surface area contributed by atoms with Gasteiger partial charge in [-0.25, -0.2) is 5.26 Å². The molecule has 0 fully saturated rings. The van der Waals surface area contributed by atoms with Gasteiger partial charge < -0.3 is 5.11 Å². The van der Waals surface area contributed by atoms with Crippen LogP contribution in [0.2, 0.25) is 0 Å². The van der Waals surface area contributed by atoms with Gasteiger partial charge in [-0.3, -0.25) is 0 Å². The third kappa shape index (κ3) is 0.725. The van der Waals surface area contributed by atoms with E-state index in [9.17, 15) is 0 Å². The van der Waals surface area contributed by atoms with Gasteiger partial charge in [-0.1, -0.05) is 6.07 Å². The lowest BCUT2D eigenvalue weighted by atomic mass is 10.5. The summed E-state index contributed by atoms with van der Waals surface area (Å²) < 4.78 is 0. The van der Waals surface area contributed by atoms with Crippen LogP contribution in [0.4, 0.5) is 0 Å². The fraction of sp³-hybridized carbons (Fsp3) is 0. The molecule has 1 N–H and O–H groups in total. The quantitative estimate of drug-likeness (QED) is 0.571. The van der Waals surface area contributed by atoms with Crippen LogP contribution in [0.1, 0.15) is 0 Å². The molecule has 0 aliphatic heterocycles. The normalized spacial score (nSPS) is 9.11. The van der Waals surface area contributed by atoms with Gasteiger partial charge in [0.15, 0.2) is 0 Å². The monoisotopic (exact) mass is 119 g/mol. The molecule has 2 aliphatic rings. The molecule has 0 unspecified atom stereocenters. The SMILES string of the molecule is C#N.Oc1ccc2cc1-2. The molecule has 0 bridgehead atoms. The molecule has 9 heavy (non-hydrogen) atoms. The summed E-state index contributed by atoms with van der Waals surface area (Å²) in [5.41, 5.74) is 2.22. The largest absolute Gasteiger partial charge is 0.507 e. The summed E-state index contributed by atoms with van der Waals surface area (Å²) in [5.74, 6) is 0.426. The average Bonchev–Trinajstić information content (AvgIpc) is 2.61. The number of hydrogen-bond acceptors (Lipinski definition) is 2. The highest BCUT2D eigenvalue weighted by atomic mass is 16.3. The van der Waals surface area contributed by atoms with E-state index in [0.29, 0.717) is 5.75 Å². The van der Waals surface area contributed by atoms with E-state index in [1.807, 2.05) is 12.1 Å². The van der Waals surface area contributed by atoms with E-state index in [4.69, 9.17) is 10.4 Å². The molecular weight excluding hydrogens is 114 g/mol. The number of benzene rings is 1. The summed E-state index contributed by atoms with van der Waals surface area (Å²) in [6.45, 7) is 3.50. The molecule has 0 amide bonds. The molecule has 2 heteroatoms. The number of nitrogens with zero attached hydrogens (tertiary/aromatic N) is 1. The molecule has 2 nitrogen and oxygen atoms in total.